The van der Waals surface area contributed by atoms with Gasteiger partial charge in [-0.15, -0.1) is 0 Å². The first kappa shape index (κ1) is 12.4. The Morgan fingerprint density at radius 3 is 2.77 bits per heavy atom. The number of ether oxygens (including phenoxy) is 1. The highest BCUT2D eigenvalue weighted by atomic mass is 16.5. The van der Waals surface area contributed by atoms with Crippen LogP contribution in [0.1, 0.15) is 19.8 Å². The molecule has 0 aromatic heterocycles. The molecule has 1 unspecified atom stereocenters. The monoisotopic (exact) mass is 189 g/mol. The van der Waals surface area contributed by atoms with Crippen molar-refractivity contribution in [1.29, 1.82) is 0 Å². The second-order valence-electron chi connectivity index (χ2n) is 2.99. The van der Waals surface area contributed by atoms with E-state index in [1.165, 1.54) is 7.11 Å². The zero-order chi connectivity index (χ0) is 10.1. The summed E-state index contributed by atoms with van der Waals surface area (Å²) in [7, 11) is 1.37. The lowest BCUT2D eigenvalue weighted by atomic mass is 10.0. The minimum absolute atomic E-state index is 0.207. The molecule has 0 bridgehead atoms. The summed E-state index contributed by atoms with van der Waals surface area (Å²) in [5.74, 6) is 0.188. The van der Waals surface area contributed by atoms with E-state index in [4.69, 9.17) is 5.11 Å². The van der Waals surface area contributed by atoms with Gasteiger partial charge in [0.1, 0.15) is 0 Å². The maximum atomic E-state index is 10.7. The molecule has 0 saturated heterocycles. The van der Waals surface area contributed by atoms with Gasteiger partial charge in [0.15, 0.2) is 0 Å². The third-order valence-electron chi connectivity index (χ3n) is 2.04. The number of carbonyl (C=O) groups is 1. The molecular formula is C9H19NO3. The minimum Gasteiger partial charge on any atom is -0.468 e. The van der Waals surface area contributed by atoms with Gasteiger partial charge >= 0.3 is 5.97 Å². The van der Waals surface area contributed by atoms with Crippen LogP contribution in [0.3, 0.4) is 0 Å². The normalized spacial score (nSPS) is 12.5. The van der Waals surface area contributed by atoms with Crippen molar-refractivity contribution >= 4 is 5.97 Å². The molecule has 0 amide bonds. The Labute approximate surface area is 79.3 Å². The van der Waals surface area contributed by atoms with Crippen molar-refractivity contribution in [2.75, 3.05) is 26.8 Å². The van der Waals surface area contributed by atoms with Crippen LogP contribution in [0.15, 0.2) is 0 Å². The van der Waals surface area contributed by atoms with Gasteiger partial charge in [-0.3, -0.25) is 4.79 Å². The predicted molar refractivity (Wildman–Crippen MR) is 50.4 cm³/mol. The van der Waals surface area contributed by atoms with E-state index in [0.29, 0.717) is 5.92 Å². The first-order valence-corrected chi connectivity index (χ1v) is 4.63. The second kappa shape index (κ2) is 8.01. The average molecular weight is 189 g/mol. The highest BCUT2D eigenvalue weighted by Crippen LogP contribution is 2.04. The zero-order valence-electron chi connectivity index (χ0n) is 8.38. The number of esters is 1. The number of nitrogens with one attached hydrogen (secondary N) is 1. The molecule has 0 aromatic carbocycles. The van der Waals surface area contributed by atoms with E-state index in [-0.39, 0.29) is 19.1 Å². The van der Waals surface area contributed by atoms with Crippen molar-refractivity contribution in [3.63, 3.8) is 0 Å². The number of hydrogen-bond acceptors (Lipinski definition) is 4. The quantitative estimate of drug-likeness (QED) is 0.560. The molecule has 0 saturated carbocycles. The third kappa shape index (κ3) is 6.54. The van der Waals surface area contributed by atoms with Gasteiger partial charge in [-0.25, -0.2) is 0 Å². The molecule has 13 heavy (non-hydrogen) atoms. The highest BCUT2D eigenvalue weighted by Gasteiger charge is 2.06. The van der Waals surface area contributed by atoms with Crippen LogP contribution in [-0.4, -0.2) is 37.9 Å². The smallest absolute Gasteiger partial charge is 0.319 e. The van der Waals surface area contributed by atoms with Crippen LogP contribution in [0, 0.1) is 5.92 Å². The van der Waals surface area contributed by atoms with Gasteiger partial charge < -0.3 is 15.2 Å². The van der Waals surface area contributed by atoms with Gasteiger partial charge in [-0.1, -0.05) is 13.3 Å². The Morgan fingerprint density at radius 2 is 2.31 bits per heavy atom. The Morgan fingerprint density at radius 1 is 1.62 bits per heavy atom. The fraction of sp³-hybridized carbons (Fsp3) is 0.889. The topological polar surface area (TPSA) is 58.6 Å². The Balaban J connectivity index is 3.42. The van der Waals surface area contributed by atoms with E-state index in [1.807, 2.05) is 0 Å². The van der Waals surface area contributed by atoms with Crippen molar-refractivity contribution in [1.82, 2.24) is 5.32 Å². The van der Waals surface area contributed by atoms with Crippen LogP contribution in [-0.2, 0) is 9.53 Å². The van der Waals surface area contributed by atoms with Crippen LogP contribution >= 0.6 is 0 Å². The van der Waals surface area contributed by atoms with E-state index in [0.717, 1.165) is 19.4 Å². The molecule has 0 fully saturated rings. The molecule has 4 nitrogen and oxygen atoms in total. The number of methoxy groups -OCH3 is 1. The van der Waals surface area contributed by atoms with Crippen LogP contribution in [0.5, 0.6) is 0 Å². The fourth-order valence-electron chi connectivity index (χ4n) is 1.08. The predicted octanol–water partition coefficient (Wildman–Crippen LogP) is 0.158. The van der Waals surface area contributed by atoms with Crippen molar-refractivity contribution < 1.29 is 14.6 Å². The van der Waals surface area contributed by atoms with Crippen molar-refractivity contribution in [3.05, 3.63) is 0 Å². The number of carbonyl (C=O) groups excluding carboxylic acids is 1. The third-order valence-corrected chi connectivity index (χ3v) is 2.04. The molecule has 0 aliphatic rings. The van der Waals surface area contributed by atoms with Crippen molar-refractivity contribution in [3.8, 4) is 0 Å². The van der Waals surface area contributed by atoms with Crippen LogP contribution in [0.4, 0.5) is 0 Å². The van der Waals surface area contributed by atoms with E-state index < -0.39 is 0 Å². The minimum atomic E-state index is -0.251. The zero-order valence-corrected chi connectivity index (χ0v) is 8.38. The SMILES string of the molecule is CCC(CCO)CNCC(=O)OC. The molecule has 0 aliphatic heterocycles. The molecule has 0 aliphatic carbocycles. The Kier molecular flexibility index (Phi) is 7.63. The van der Waals surface area contributed by atoms with E-state index in [1.54, 1.807) is 0 Å². The fourth-order valence-corrected chi connectivity index (χ4v) is 1.08. The largest absolute Gasteiger partial charge is 0.468 e. The number of rotatable bonds is 7. The molecule has 0 spiro atoms. The number of aliphatic hydroxyl groups excluding tert-OH is 1. The van der Waals surface area contributed by atoms with Gasteiger partial charge in [0, 0.05) is 6.61 Å². The molecule has 4 heteroatoms. The van der Waals surface area contributed by atoms with E-state index in [9.17, 15) is 4.79 Å². The number of hydrogen-bond donors (Lipinski definition) is 2. The lowest BCUT2D eigenvalue weighted by Crippen LogP contribution is -2.29. The van der Waals surface area contributed by atoms with Gasteiger partial charge in [0.25, 0.3) is 0 Å². The summed E-state index contributed by atoms with van der Waals surface area (Å²) in [6, 6.07) is 0. The van der Waals surface area contributed by atoms with Gasteiger partial charge in [-0.2, -0.15) is 0 Å². The van der Waals surface area contributed by atoms with Crippen molar-refractivity contribution in [2.24, 2.45) is 5.92 Å². The summed E-state index contributed by atoms with van der Waals surface area (Å²) in [6.45, 7) is 3.28. The summed E-state index contributed by atoms with van der Waals surface area (Å²) in [4.78, 5) is 10.7. The van der Waals surface area contributed by atoms with Gasteiger partial charge in [0.2, 0.25) is 0 Å². The Hall–Kier alpha value is -0.610. The molecule has 0 heterocycles. The second-order valence-corrected chi connectivity index (χ2v) is 2.99. The average Bonchev–Trinajstić information content (AvgIpc) is 2.16. The molecule has 0 aromatic rings. The summed E-state index contributed by atoms with van der Waals surface area (Å²) >= 11 is 0. The lowest BCUT2D eigenvalue weighted by molar-refractivity contribution is -0.139. The Bertz CT molecular complexity index is 139. The van der Waals surface area contributed by atoms with Crippen LogP contribution < -0.4 is 5.32 Å². The molecule has 1 atom stereocenters. The lowest BCUT2D eigenvalue weighted by Gasteiger charge is -2.13. The highest BCUT2D eigenvalue weighted by molar-refractivity contribution is 5.71. The summed E-state index contributed by atoms with van der Waals surface area (Å²) in [6.07, 6.45) is 1.79. The maximum Gasteiger partial charge on any atom is 0.319 e. The molecule has 78 valence electrons. The summed E-state index contributed by atoms with van der Waals surface area (Å²) < 4.78 is 4.47. The van der Waals surface area contributed by atoms with E-state index >= 15 is 0 Å². The standard InChI is InChI=1S/C9H19NO3/c1-3-8(4-5-11)6-10-7-9(12)13-2/h8,10-11H,3-7H2,1-2H3. The molecule has 0 rings (SSSR count). The maximum absolute atomic E-state index is 10.7. The molecule has 0 radical (unpaired) electrons. The molecule has 2 N–H and O–H groups in total. The van der Waals surface area contributed by atoms with Crippen molar-refractivity contribution in [2.45, 2.75) is 19.8 Å². The number of aliphatic hydroxyl groups is 1. The molecular weight excluding hydrogens is 170 g/mol. The summed E-state index contributed by atoms with van der Waals surface area (Å²) in [5.41, 5.74) is 0. The van der Waals surface area contributed by atoms with Crippen LogP contribution in [0.25, 0.3) is 0 Å². The van der Waals surface area contributed by atoms with Crippen LogP contribution in [0.2, 0.25) is 0 Å². The summed E-state index contributed by atoms with van der Waals surface area (Å²) in [5, 5.41) is 11.7. The van der Waals surface area contributed by atoms with Gasteiger partial charge in [0.05, 0.1) is 13.7 Å². The first-order chi connectivity index (χ1) is 6.24. The van der Waals surface area contributed by atoms with E-state index in [2.05, 4.69) is 17.0 Å². The van der Waals surface area contributed by atoms with Gasteiger partial charge in [-0.05, 0) is 18.9 Å². The first-order valence-electron chi connectivity index (χ1n) is 4.63.